The zero-order chi connectivity index (χ0) is 28.0. The lowest BCUT2D eigenvalue weighted by Gasteiger charge is -2.35. The van der Waals surface area contributed by atoms with Gasteiger partial charge in [0.05, 0.1) is 0 Å². The summed E-state index contributed by atoms with van der Waals surface area (Å²) in [5, 5.41) is 3.81. The number of rotatable bonds is 5. The first-order valence-electron chi connectivity index (χ1n) is 13.2. The molecule has 0 saturated carbocycles. The van der Waals surface area contributed by atoms with E-state index in [4.69, 9.17) is 0 Å². The number of piperazine rings is 1. The Morgan fingerprint density at radius 2 is 1.68 bits per heavy atom. The lowest BCUT2D eigenvalue weighted by Crippen LogP contribution is -2.44. The average Bonchev–Trinajstić information content (AvgIpc) is 3.15. The van der Waals surface area contributed by atoms with Crippen LogP contribution in [0.15, 0.2) is 54.5 Å². The standard InChI is InChI=1S/C20H27N7O.C4H8.C3H6.C2H6/c1-5-27-19(28)16-13-21-20(23-18(16)25(27)4)22-15-6-7-17(14(2)12-15)26-10-8-24(3)9-11-26;1-3-4-2;1-3-2;1-2/h6-7,12-13H,5,8-11H2,1-4H3,(H,21,22,23);3H,1,4H2,2H3;3H,1H2,2H3;1-2H3. The van der Waals surface area contributed by atoms with Crippen molar-refractivity contribution >= 4 is 28.4 Å². The first-order valence-corrected chi connectivity index (χ1v) is 13.2. The Kier molecular flexibility index (Phi) is 14.0. The minimum Gasteiger partial charge on any atom is -0.369 e. The van der Waals surface area contributed by atoms with E-state index in [9.17, 15) is 4.79 Å². The van der Waals surface area contributed by atoms with Crippen LogP contribution >= 0.6 is 0 Å². The van der Waals surface area contributed by atoms with Crippen LogP contribution in [0.2, 0.25) is 0 Å². The van der Waals surface area contributed by atoms with E-state index in [1.165, 1.54) is 11.3 Å². The molecule has 1 saturated heterocycles. The van der Waals surface area contributed by atoms with Crippen molar-refractivity contribution < 1.29 is 0 Å². The van der Waals surface area contributed by atoms with Crippen molar-refractivity contribution in [2.45, 2.75) is 54.5 Å². The molecule has 0 bridgehead atoms. The molecule has 8 heteroatoms. The van der Waals surface area contributed by atoms with Crippen LogP contribution in [0.1, 0.15) is 46.6 Å². The maximum absolute atomic E-state index is 12.3. The molecule has 204 valence electrons. The monoisotopic (exact) mass is 509 g/mol. The molecular formula is C29H47N7O. The van der Waals surface area contributed by atoms with Gasteiger partial charge < -0.3 is 15.1 Å². The molecule has 0 radical (unpaired) electrons. The van der Waals surface area contributed by atoms with Gasteiger partial charge in [-0.3, -0.25) is 9.48 Å². The van der Waals surface area contributed by atoms with E-state index >= 15 is 0 Å². The number of hydrogen-bond donors (Lipinski definition) is 1. The lowest BCUT2D eigenvalue weighted by atomic mass is 10.1. The first-order chi connectivity index (χ1) is 17.8. The molecular weight excluding hydrogens is 462 g/mol. The second-order valence-electron chi connectivity index (χ2n) is 8.50. The van der Waals surface area contributed by atoms with Gasteiger partial charge in [-0.1, -0.05) is 32.9 Å². The van der Waals surface area contributed by atoms with Crippen molar-refractivity contribution in [3.63, 3.8) is 0 Å². The summed E-state index contributed by atoms with van der Waals surface area (Å²) in [6.45, 7) is 23.7. The number of hydrogen-bond acceptors (Lipinski definition) is 6. The van der Waals surface area contributed by atoms with Gasteiger partial charge in [0.15, 0.2) is 5.65 Å². The molecule has 0 unspecified atom stereocenters. The highest BCUT2D eigenvalue weighted by Gasteiger charge is 2.16. The van der Waals surface area contributed by atoms with Gasteiger partial charge in [-0.05, 0) is 58.0 Å². The highest BCUT2D eigenvalue weighted by atomic mass is 16.1. The number of nitrogens with one attached hydrogen (secondary N) is 1. The van der Waals surface area contributed by atoms with Crippen molar-refractivity contribution in [3.8, 4) is 0 Å². The van der Waals surface area contributed by atoms with Gasteiger partial charge in [0.2, 0.25) is 5.95 Å². The molecule has 3 aromatic rings. The number of fused-ring (bicyclic) bond motifs is 1. The molecule has 1 aliphatic rings. The van der Waals surface area contributed by atoms with Gasteiger partial charge in [-0.2, -0.15) is 4.98 Å². The second kappa shape index (κ2) is 16.4. The largest absolute Gasteiger partial charge is 0.369 e. The fourth-order valence-corrected chi connectivity index (χ4v) is 3.84. The van der Waals surface area contributed by atoms with Crippen molar-refractivity contribution in [2.75, 3.05) is 43.4 Å². The third-order valence-corrected chi connectivity index (χ3v) is 5.79. The number of anilines is 3. The summed E-state index contributed by atoms with van der Waals surface area (Å²) in [6.07, 6.45) is 6.31. The van der Waals surface area contributed by atoms with Crippen LogP contribution in [0.3, 0.4) is 0 Å². The van der Waals surface area contributed by atoms with Crippen LogP contribution in [0.25, 0.3) is 11.0 Å². The number of allylic oxidation sites excluding steroid dienone is 2. The Hall–Kier alpha value is -3.39. The maximum atomic E-state index is 12.3. The highest BCUT2D eigenvalue weighted by Crippen LogP contribution is 2.26. The summed E-state index contributed by atoms with van der Waals surface area (Å²) in [4.78, 5) is 26.0. The predicted octanol–water partition coefficient (Wildman–Crippen LogP) is 5.75. The van der Waals surface area contributed by atoms with Crippen molar-refractivity contribution in [1.82, 2.24) is 24.2 Å². The van der Waals surface area contributed by atoms with Gasteiger partial charge in [-0.15, -0.1) is 13.2 Å². The molecule has 1 aliphatic heterocycles. The summed E-state index contributed by atoms with van der Waals surface area (Å²) in [5.74, 6) is 0.489. The van der Waals surface area contributed by atoms with E-state index in [1.54, 1.807) is 21.6 Å². The van der Waals surface area contributed by atoms with E-state index in [0.717, 1.165) is 38.3 Å². The van der Waals surface area contributed by atoms with Gasteiger partial charge in [0, 0.05) is 57.3 Å². The Balaban J connectivity index is 0.000000670. The van der Waals surface area contributed by atoms with E-state index in [1.807, 2.05) is 40.8 Å². The molecule has 0 amide bonds. The number of aromatic nitrogens is 4. The van der Waals surface area contributed by atoms with Gasteiger partial charge >= 0.3 is 0 Å². The summed E-state index contributed by atoms with van der Waals surface area (Å²) >= 11 is 0. The zero-order valence-corrected chi connectivity index (χ0v) is 24.2. The normalized spacial score (nSPS) is 12.8. The minimum atomic E-state index is -0.0566. The quantitative estimate of drug-likeness (QED) is 0.441. The summed E-state index contributed by atoms with van der Waals surface area (Å²) < 4.78 is 3.43. The Bertz CT molecular complexity index is 1170. The molecule has 4 rings (SSSR count). The molecule has 3 heterocycles. The molecule has 1 aromatic carbocycles. The fraction of sp³-hybridized carbons (Fsp3) is 0.483. The first kappa shape index (κ1) is 31.6. The Morgan fingerprint density at radius 3 is 2.19 bits per heavy atom. The van der Waals surface area contributed by atoms with Crippen molar-refractivity contribution in [3.05, 3.63) is 65.6 Å². The highest BCUT2D eigenvalue weighted by molar-refractivity contribution is 5.75. The summed E-state index contributed by atoms with van der Waals surface area (Å²) in [5.41, 5.74) is 4.02. The molecule has 1 N–H and O–H groups in total. The van der Waals surface area contributed by atoms with E-state index in [-0.39, 0.29) is 5.56 Å². The Labute approximate surface area is 223 Å². The van der Waals surface area contributed by atoms with Gasteiger partial charge in [0.25, 0.3) is 5.56 Å². The number of nitrogens with zero attached hydrogens (tertiary/aromatic N) is 6. The van der Waals surface area contributed by atoms with Gasteiger partial charge in [0.1, 0.15) is 5.39 Å². The van der Waals surface area contributed by atoms with Crippen molar-refractivity contribution in [2.24, 2.45) is 7.05 Å². The van der Waals surface area contributed by atoms with Crippen LogP contribution in [0.5, 0.6) is 0 Å². The molecule has 0 atom stereocenters. The zero-order valence-electron chi connectivity index (χ0n) is 24.2. The molecule has 37 heavy (non-hydrogen) atoms. The smallest absolute Gasteiger partial charge is 0.277 e. The Morgan fingerprint density at radius 1 is 1.08 bits per heavy atom. The molecule has 1 fully saturated rings. The maximum Gasteiger partial charge on any atom is 0.277 e. The lowest BCUT2D eigenvalue weighted by molar-refractivity contribution is 0.312. The predicted molar refractivity (Wildman–Crippen MR) is 160 cm³/mol. The number of aryl methyl sites for hydroxylation is 2. The van der Waals surface area contributed by atoms with E-state index < -0.39 is 0 Å². The van der Waals surface area contributed by atoms with Crippen LogP contribution in [-0.4, -0.2) is 57.5 Å². The summed E-state index contributed by atoms with van der Waals surface area (Å²) in [7, 11) is 4.01. The van der Waals surface area contributed by atoms with E-state index in [0.29, 0.717) is 23.5 Å². The van der Waals surface area contributed by atoms with Crippen LogP contribution < -0.4 is 15.8 Å². The van der Waals surface area contributed by atoms with E-state index in [2.05, 4.69) is 77.3 Å². The van der Waals surface area contributed by atoms with Crippen LogP contribution in [0, 0.1) is 6.92 Å². The second-order valence-corrected chi connectivity index (χ2v) is 8.50. The molecule has 0 aliphatic carbocycles. The van der Waals surface area contributed by atoms with Crippen molar-refractivity contribution in [1.29, 1.82) is 0 Å². The third kappa shape index (κ3) is 8.60. The number of likely N-dealkylation sites (N-methyl/N-ethyl adjacent to an activating group) is 1. The summed E-state index contributed by atoms with van der Waals surface area (Å²) in [6, 6.07) is 6.34. The number of benzene rings is 1. The SMILES string of the molecule is C=CC.C=CCC.CC.CCn1c(=O)c2cnc(Nc3ccc(N4CCN(C)CC4)c(C)c3)nc2n1C. The molecule has 0 spiro atoms. The third-order valence-electron chi connectivity index (χ3n) is 5.79. The minimum absolute atomic E-state index is 0.0566. The van der Waals surface area contributed by atoms with Crippen LogP contribution in [-0.2, 0) is 13.6 Å². The fourth-order valence-electron chi connectivity index (χ4n) is 3.84. The topological polar surface area (TPSA) is 71.2 Å². The average molecular weight is 510 g/mol. The molecule has 2 aromatic heterocycles. The van der Waals surface area contributed by atoms with Crippen LogP contribution in [0.4, 0.5) is 17.3 Å². The molecule has 8 nitrogen and oxygen atoms in total. The van der Waals surface area contributed by atoms with Gasteiger partial charge in [-0.25, -0.2) is 9.67 Å².